The van der Waals surface area contributed by atoms with Crippen molar-refractivity contribution in [1.29, 1.82) is 5.26 Å². The average Bonchev–Trinajstić information content (AvgIpc) is 2.41. The van der Waals surface area contributed by atoms with Gasteiger partial charge in [0.15, 0.2) is 5.78 Å². The number of hydrogen-bond acceptors (Lipinski definition) is 3. The van der Waals surface area contributed by atoms with E-state index in [9.17, 15) is 10.1 Å². The number of nitriles is 1. The molecule has 1 aromatic rings. The Morgan fingerprint density at radius 3 is 2.53 bits per heavy atom. The Hall–Kier alpha value is -1.66. The van der Waals surface area contributed by atoms with E-state index in [-0.39, 0.29) is 5.78 Å². The molecule has 17 heavy (non-hydrogen) atoms. The van der Waals surface area contributed by atoms with Crippen LogP contribution in [0.2, 0.25) is 0 Å². The van der Waals surface area contributed by atoms with E-state index < -0.39 is 5.41 Å². The predicted molar refractivity (Wildman–Crippen MR) is 65.5 cm³/mol. The lowest BCUT2D eigenvalue weighted by molar-refractivity contribution is 0.0921. The molecule has 0 bridgehead atoms. The number of ketones is 1. The number of rotatable bonds is 3. The van der Waals surface area contributed by atoms with Crippen molar-refractivity contribution in [3.63, 3.8) is 0 Å². The Labute approximate surface area is 101 Å². The molecule has 3 heteroatoms. The largest absolute Gasteiger partial charge is 0.317 e. The molecular weight excluding hydrogens is 212 g/mol. The summed E-state index contributed by atoms with van der Waals surface area (Å²) < 4.78 is 0. The summed E-state index contributed by atoms with van der Waals surface area (Å²) in [5.41, 5.74) is 0.249. The van der Waals surface area contributed by atoms with Crippen LogP contribution in [0.4, 0.5) is 0 Å². The molecule has 0 atom stereocenters. The van der Waals surface area contributed by atoms with E-state index in [0.29, 0.717) is 12.0 Å². The molecule has 1 aliphatic heterocycles. The molecule has 0 saturated carbocycles. The molecule has 0 radical (unpaired) electrons. The zero-order chi connectivity index (χ0) is 12.1. The van der Waals surface area contributed by atoms with Gasteiger partial charge < -0.3 is 5.32 Å². The summed E-state index contributed by atoms with van der Waals surface area (Å²) in [4.78, 5) is 12.1. The third-order valence-corrected chi connectivity index (χ3v) is 3.39. The van der Waals surface area contributed by atoms with Crippen LogP contribution in [-0.2, 0) is 0 Å². The van der Waals surface area contributed by atoms with Crippen molar-refractivity contribution in [2.75, 3.05) is 13.1 Å². The smallest absolute Gasteiger partial charge is 0.164 e. The highest BCUT2D eigenvalue weighted by atomic mass is 16.1. The number of hydrogen-bond donors (Lipinski definition) is 1. The lowest BCUT2D eigenvalue weighted by atomic mass is 9.75. The molecule has 3 nitrogen and oxygen atoms in total. The van der Waals surface area contributed by atoms with Crippen molar-refractivity contribution in [2.24, 2.45) is 5.41 Å². The van der Waals surface area contributed by atoms with Gasteiger partial charge in [-0.15, -0.1) is 0 Å². The molecule has 1 fully saturated rings. The van der Waals surface area contributed by atoms with Gasteiger partial charge in [-0.1, -0.05) is 30.3 Å². The summed E-state index contributed by atoms with van der Waals surface area (Å²) in [6.45, 7) is 1.66. The fourth-order valence-corrected chi connectivity index (χ4v) is 2.27. The van der Waals surface area contributed by atoms with Crippen molar-refractivity contribution < 1.29 is 4.79 Å². The number of nitrogens with one attached hydrogen (secondary N) is 1. The van der Waals surface area contributed by atoms with E-state index in [2.05, 4.69) is 11.4 Å². The van der Waals surface area contributed by atoms with E-state index in [1.165, 1.54) is 0 Å². The lowest BCUT2D eigenvalue weighted by Crippen LogP contribution is -2.37. The summed E-state index contributed by atoms with van der Waals surface area (Å²) in [5.74, 6) is 0.0778. The second kappa shape index (κ2) is 5.11. The average molecular weight is 228 g/mol. The number of benzene rings is 1. The number of carbonyl (C=O) groups excluding carboxylic acids is 1. The van der Waals surface area contributed by atoms with Gasteiger partial charge in [0.25, 0.3) is 0 Å². The summed E-state index contributed by atoms with van der Waals surface area (Å²) in [5, 5.41) is 12.5. The monoisotopic (exact) mass is 228 g/mol. The summed E-state index contributed by atoms with van der Waals surface area (Å²) in [6, 6.07) is 11.6. The molecule has 0 spiro atoms. The topological polar surface area (TPSA) is 52.9 Å². The number of carbonyl (C=O) groups is 1. The molecule has 0 aliphatic carbocycles. The first-order chi connectivity index (χ1) is 8.26. The Morgan fingerprint density at radius 1 is 1.29 bits per heavy atom. The van der Waals surface area contributed by atoms with E-state index >= 15 is 0 Å². The Balaban J connectivity index is 2.10. The van der Waals surface area contributed by atoms with Crippen molar-refractivity contribution in [3.05, 3.63) is 35.9 Å². The summed E-state index contributed by atoms with van der Waals surface area (Å²) >= 11 is 0. The minimum absolute atomic E-state index is 0.0778. The van der Waals surface area contributed by atoms with E-state index in [0.717, 1.165) is 25.9 Å². The van der Waals surface area contributed by atoms with E-state index in [1.54, 1.807) is 0 Å². The normalized spacial score (nSPS) is 18.3. The third-order valence-electron chi connectivity index (χ3n) is 3.39. The van der Waals surface area contributed by atoms with Crippen LogP contribution in [-0.4, -0.2) is 18.9 Å². The highest BCUT2D eigenvalue weighted by Gasteiger charge is 2.34. The van der Waals surface area contributed by atoms with Crippen LogP contribution in [0.5, 0.6) is 0 Å². The van der Waals surface area contributed by atoms with Crippen LogP contribution in [0.25, 0.3) is 0 Å². The zero-order valence-corrected chi connectivity index (χ0v) is 9.78. The van der Waals surface area contributed by atoms with Gasteiger partial charge in [0.2, 0.25) is 0 Å². The van der Waals surface area contributed by atoms with Crippen LogP contribution >= 0.6 is 0 Å². The lowest BCUT2D eigenvalue weighted by Gasteiger charge is -2.30. The minimum atomic E-state index is -0.460. The maximum absolute atomic E-state index is 12.1. The minimum Gasteiger partial charge on any atom is -0.317 e. The first-order valence-electron chi connectivity index (χ1n) is 5.96. The molecule has 88 valence electrons. The van der Waals surface area contributed by atoms with Gasteiger partial charge in [0.05, 0.1) is 11.5 Å². The third kappa shape index (κ3) is 2.72. The molecular formula is C14H16N2O. The van der Waals surface area contributed by atoms with Crippen molar-refractivity contribution in [2.45, 2.75) is 19.3 Å². The van der Waals surface area contributed by atoms with Gasteiger partial charge in [-0.3, -0.25) is 4.79 Å². The molecule has 2 rings (SSSR count). The molecule has 1 saturated heterocycles. The second-order valence-corrected chi connectivity index (χ2v) is 4.61. The van der Waals surface area contributed by atoms with Gasteiger partial charge in [0, 0.05) is 12.0 Å². The number of nitrogens with zero attached hydrogens (tertiary/aromatic N) is 1. The van der Waals surface area contributed by atoms with Gasteiger partial charge in [0.1, 0.15) is 0 Å². The maximum atomic E-state index is 12.1. The predicted octanol–water partition coefficient (Wildman–Crippen LogP) is 2.15. The van der Waals surface area contributed by atoms with Crippen molar-refractivity contribution in [1.82, 2.24) is 5.32 Å². The van der Waals surface area contributed by atoms with Gasteiger partial charge >= 0.3 is 0 Å². The quantitative estimate of drug-likeness (QED) is 0.806. The fraction of sp³-hybridized carbons (Fsp3) is 0.429. The van der Waals surface area contributed by atoms with Gasteiger partial charge in [-0.25, -0.2) is 0 Å². The Morgan fingerprint density at radius 2 is 1.94 bits per heavy atom. The highest BCUT2D eigenvalue weighted by Crippen LogP contribution is 2.33. The van der Waals surface area contributed by atoms with Crippen LogP contribution < -0.4 is 5.32 Å². The van der Waals surface area contributed by atoms with Crippen LogP contribution in [0.3, 0.4) is 0 Å². The standard InChI is InChI=1S/C14H16N2O/c15-11-14(6-8-16-9-7-14)10-13(17)12-4-2-1-3-5-12/h1-5,16H,6-10H2. The SMILES string of the molecule is N#CC1(CC(=O)c2ccccc2)CCNCC1. The molecule has 1 aromatic carbocycles. The van der Waals surface area contributed by atoms with Gasteiger partial charge in [-0.05, 0) is 25.9 Å². The van der Waals surface area contributed by atoms with Crippen LogP contribution in [0.1, 0.15) is 29.6 Å². The first kappa shape index (κ1) is 11.8. The van der Waals surface area contributed by atoms with Crippen molar-refractivity contribution >= 4 is 5.78 Å². The first-order valence-corrected chi connectivity index (χ1v) is 5.96. The molecule has 1 aliphatic rings. The summed E-state index contributed by atoms with van der Waals surface area (Å²) in [7, 11) is 0. The highest BCUT2D eigenvalue weighted by molar-refractivity contribution is 5.96. The van der Waals surface area contributed by atoms with E-state index in [4.69, 9.17) is 0 Å². The Kier molecular flexibility index (Phi) is 3.55. The Bertz CT molecular complexity index is 427. The number of Topliss-reactive ketones (excluding diaryl/α,β-unsaturated/α-hetero) is 1. The molecule has 0 unspecified atom stereocenters. The number of piperidine rings is 1. The fourth-order valence-electron chi connectivity index (χ4n) is 2.27. The van der Waals surface area contributed by atoms with Crippen LogP contribution in [0, 0.1) is 16.7 Å². The van der Waals surface area contributed by atoms with Gasteiger partial charge in [-0.2, -0.15) is 5.26 Å². The second-order valence-electron chi connectivity index (χ2n) is 4.61. The maximum Gasteiger partial charge on any atom is 0.164 e. The zero-order valence-electron chi connectivity index (χ0n) is 9.78. The molecule has 1 N–H and O–H groups in total. The summed E-state index contributed by atoms with van der Waals surface area (Å²) in [6.07, 6.45) is 1.87. The van der Waals surface area contributed by atoms with Crippen LogP contribution in [0.15, 0.2) is 30.3 Å². The van der Waals surface area contributed by atoms with E-state index in [1.807, 2.05) is 30.3 Å². The molecule has 0 amide bonds. The van der Waals surface area contributed by atoms with Crippen molar-refractivity contribution in [3.8, 4) is 6.07 Å². The molecule has 1 heterocycles. The molecule has 0 aromatic heterocycles.